The van der Waals surface area contributed by atoms with Crippen LogP contribution in [0.5, 0.6) is 17.4 Å². The molecule has 0 unspecified atom stereocenters. The summed E-state index contributed by atoms with van der Waals surface area (Å²) in [4.78, 5) is 21.6. The normalized spacial score (nSPS) is 11.1. The maximum atomic E-state index is 5.94. The van der Waals surface area contributed by atoms with Gasteiger partial charge in [0.2, 0.25) is 5.88 Å². The van der Waals surface area contributed by atoms with E-state index in [0.29, 0.717) is 42.2 Å². The molecule has 0 atom stereocenters. The van der Waals surface area contributed by atoms with Crippen LogP contribution in [0, 0.1) is 6.92 Å². The molecule has 0 amide bonds. The summed E-state index contributed by atoms with van der Waals surface area (Å²) in [5, 5.41) is 3.96. The summed E-state index contributed by atoms with van der Waals surface area (Å²) < 4.78 is 22.6. The fraction of sp³-hybridized carbons (Fsp3) is 0.292. The third kappa shape index (κ3) is 6.12. The second kappa shape index (κ2) is 11.3. The van der Waals surface area contributed by atoms with Gasteiger partial charge in [-0.1, -0.05) is 0 Å². The Morgan fingerprint density at radius 3 is 2.38 bits per heavy atom. The molecule has 4 aromatic rings. The first-order chi connectivity index (χ1) is 16.6. The van der Waals surface area contributed by atoms with Gasteiger partial charge in [0.1, 0.15) is 36.1 Å². The Kier molecular flexibility index (Phi) is 7.74. The minimum Gasteiger partial charge on any atom is -0.487 e. The molecule has 0 bridgehead atoms. The highest BCUT2D eigenvalue weighted by Crippen LogP contribution is 2.28. The van der Waals surface area contributed by atoms with Crippen LogP contribution in [-0.2, 0) is 9.47 Å². The van der Waals surface area contributed by atoms with E-state index in [1.165, 1.54) is 6.33 Å². The van der Waals surface area contributed by atoms with Crippen molar-refractivity contribution in [1.29, 1.82) is 0 Å². The van der Waals surface area contributed by atoms with Crippen LogP contribution >= 0.6 is 0 Å². The summed E-state index contributed by atoms with van der Waals surface area (Å²) in [6.45, 7) is 7.07. The number of hydrogen-bond donors (Lipinski definition) is 1. The summed E-state index contributed by atoms with van der Waals surface area (Å²) in [6, 6.07) is 9.05. The lowest BCUT2D eigenvalue weighted by Crippen LogP contribution is -2.25. The van der Waals surface area contributed by atoms with E-state index >= 15 is 0 Å². The van der Waals surface area contributed by atoms with Gasteiger partial charge >= 0.3 is 0 Å². The SMILES string of the molecule is CCOC(COc1ccc(Oc2ccc3ncnc(Nc4cnc(C)cn4)c3c2)nc1)OCC. The monoisotopic (exact) mass is 462 g/mol. The van der Waals surface area contributed by atoms with Crippen LogP contribution in [-0.4, -0.2) is 51.0 Å². The number of nitrogens with zero attached hydrogens (tertiary/aromatic N) is 5. The molecule has 0 aliphatic carbocycles. The molecule has 4 rings (SSSR count). The molecule has 1 N–H and O–H groups in total. The number of fused-ring (bicyclic) bond motifs is 1. The van der Waals surface area contributed by atoms with E-state index in [-0.39, 0.29) is 6.61 Å². The maximum Gasteiger partial charge on any atom is 0.219 e. The number of benzene rings is 1. The van der Waals surface area contributed by atoms with Gasteiger partial charge in [-0.05, 0) is 45.0 Å². The van der Waals surface area contributed by atoms with Crippen molar-refractivity contribution in [3.63, 3.8) is 0 Å². The molecular weight excluding hydrogens is 436 g/mol. The number of aromatic nitrogens is 5. The van der Waals surface area contributed by atoms with Crippen LogP contribution in [0.2, 0.25) is 0 Å². The molecule has 3 aromatic heterocycles. The molecule has 10 nitrogen and oxygen atoms in total. The predicted octanol–water partition coefficient (Wildman–Crippen LogP) is 4.44. The number of anilines is 2. The summed E-state index contributed by atoms with van der Waals surface area (Å²) in [5.74, 6) is 2.80. The van der Waals surface area contributed by atoms with Crippen molar-refractivity contribution in [2.24, 2.45) is 0 Å². The smallest absolute Gasteiger partial charge is 0.219 e. The fourth-order valence-electron chi connectivity index (χ4n) is 3.09. The third-order valence-electron chi connectivity index (χ3n) is 4.66. The van der Waals surface area contributed by atoms with Crippen LogP contribution in [0.15, 0.2) is 55.2 Å². The molecule has 1 aromatic carbocycles. The maximum absolute atomic E-state index is 5.94. The fourth-order valence-corrected chi connectivity index (χ4v) is 3.09. The molecule has 0 aliphatic rings. The Hall–Kier alpha value is -3.89. The lowest BCUT2D eigenvalue weighted by atomic mass is 10.2. The third-order valence-corrected chi connectivity index (χ3v) is 4.66. The van der Waals surface area contributed by atoms with Crippen molar-refractivity contribution in [2.45, 2.75) is 27.1 Å². The van der Waals surface area contributed by atoms with E-state index in [2.05, 4.69) is 30.2 Å². The van der Waals surface area contributed by atoms with Crippen molar-refractivity contribution < 1.29 is 18.9 Å². The number of ether oxygens (including phenoxy) is 4. The highest BCUT2D eigenvalue weighted by molar-refractivity contribution is 5.91. The molecule has 0 saturated carbocycles. The Labute approximate surface area is 197 Å². The Bertz CT molecular complexity index is 1200. The summed E-state index contributed by atoms with van der Waals surface area (Å²) >= 11 is 0. The minimum atomic E-state index is -0.417. The Morgan fingerprint density at radius 1 is 0.853 bits per heavy atom. The van der Waals surface area contributed by atoms with E-state index in [0.717, 1.165) is 16.6 Å². The molecule has 0 radical (unpaired) electrons. The summed E-state index contributed by atoms with van der Waals surface area (Å²) in [6.07, 6.45) is 6.01. The second-order valence-corrected chi connectivity index (χ2v) is 7.15. The van der Waals surface area contributed by atoms with E-state index in [1.807, 2.05) is 39.0 Å². The second-order valence-electron chi connectivity index (χ2n) is 7.15. The van der Waals surface area contributed by atoms with Gasteiger partial charge in [0, 0.05) is 24.7 Å². The van der Waals surface area contributed by atoms with Gasteiger partial charge in [0.25, 0.3) is 0 Å². The lowest BCUT2D eigenvalue weighted by Gasteiger charge is -2.17. The quantitative estimate of drug-likeness (QED) is 0.321. The van der Waals surface area contributed by atoms with E-state index in [1.54, 1.807) is 30.7 Å². The van der Waals surface area contributed by atoms with Gasteiger partial charge in [-0.25, -0.2) is 19.9 Å². The molecule has 10 heteroatoms. The van der Waals surface area contributed by atoms with Crippen molar-refractivity contribution in [2.75, 3.05) is 25.1 Å². The van der Waals surface area contributed by atoms with Crippen molar-refractivity contribution in [3.8, 4) is 17.4 Å². The van der Waals surface area contributed by atoms with E-state index < -0.39 is 6.29 Å². The van der Waals surface area contributed by atoms with Gasteiger partial charge < -0.3 is 24.3 Å². The average Bonchev–Trinajstić information content (AvgIpc) is 2.85. The number of hydrogen-bond acceptors (Lipinski definition) is 10. The highest BCUT2D eigenvalue weighted by Gasteiger charge is 2.10. The first kappa shape index (κ1) is 23.3. The molecular formula is C24H26N6O4. The molecule has 0 spiro atoms. The first-order valence-corrected chi connectivity index (χ1v) is 10.9. The predicted molar refractivity (Wildman–Crippen MR) is 126 cm³/mol. The van der Waals surface area contributed by atoms with Crippen LogP contribution in [0.3, 0.4) is 0 Å². The van der Waals surface area contributed by atoms with Crippen molar-refractivity contribution in [3.05, 3.63) is 60.9 Å². The zero-order chi connectivity index (χ0) is 23.8. The molecule has 0 aliphatic heterocycles. The van der Waals surface area contributed by atoms with Crippen LogP contribution in [0.4, 0.5) is 11.6 Å². The van der Waals surface area contributed by atoms with Gasteiger partial charge in [0.15, 0.2) is 6.29 Å². The molecule has 0 fully saturated rings. The number of nitrogens with one attached hydrogen (secondary N) is 1. The van der Waals surface area contributed by atoms with Gasteiger partial charge in [0.05, 0.1) is 29.8 Å². The van der Waals surface area contributed by atoms with Gasteiger partial charge in [-0.15, -0.1) is 0 Å². The molecule has 0 saturated heterocycles. The molecule has 3 heterocycles. The summed E-state index contributed by atoms with van der Waals surface area (Å²) in [7, 11) is 0. The van der Waals surface area contributed by atoms with Crippen LogP contribution in [0.1, 0.15) is 19.5 Å². The zero-order valence-electron chi connectivity index (χ0n) is 19.3. The lowest BCUT2D eigenvalue weighted by molar-refractivity contribution is -0.152. The van der Waals surface area contributed by atoms with Crippen LogP contribution < -0.4 is 14.8 Å². The highest BCUT2D eigenvalue weighted by atomic mass is 16.7. The largest absolute Gasteiger partial charge is 0.487 e. The van der Waals surface area contributed by atoms with Crippen molar-refractivity contribution in [1.82, 2.24) is 24.9 Å². The average molecular weight is 463 g/mol. The number of rotatable bonds is 11. The molecule has 34 heavy (non-hydrogen) atoms. The van der Waals surface area contributed by atoms with Gasteiger partial charge in [-0.2, -0.15) is 0 Å². The van der Waals surface area contributed by atoms with E-state index in [9.17, 15) is 0 Å². The Balaban J connectivity index is 1.45. The number of aryl methyl sites for hydroxylation is 1. The minimum absolute atomic E-state index is 0.273. The Morgan fingerprint density at radius 2 is 1.68 bits per heavy atom. The first-order valence-electron chi connectivity index (χ1n) is 10.9. The van der Waals surface area contributed by atoms with Crippen LogP contribution in [0.25, 0.3) is 10.9 Å². The topological polar surface area (TPSA) is 113 Å². The van der Waals surface area contributed by atoms with E-state index in [4.69, 9.17) is 18.9 Å². The van der Waals surface area contributed by atoms with Crippen molar-refractivity contribution >= 4 is 22.5 Å². The number of pyridine rings is 1. The molecule has 176 valence electrons. The standard InChI is InChI=1S/C24H26N6O4/c1-4-31-23(32-5-2)14-33-18-7-9-22(27-12-18)34-17-6-8-20-19(10-17)24(29-15-28-20)30-21-13-25-16(3)11-26-21/h6-13,15,23H,4-5,14H2,1-3H3,(H,26,28,29,30). The van der Waals surface area contributed by atoms with Gasteiger partial charge in [-0.3, -0.25) is 4.98 Å². The summed E-state index contributed by atoms with van der Waals surface area (Å²) in [5.41, 5.74) is 1.60. The zero-order valence-corrected chi connectivity index (χ0v) is 19.3.